The van der Waals surface area contributed by atoms with Gasteiger partial charge in [-0.15, -0.1) is 0 Å². The maximum Gasteiger partial charge on any atom is 0.0361 e. The van der Waals surface area contributed by atoms with E-state index in [9.17, 15) is 0 Å². The van der Waals surface area contributed by atoms with Crippen molar-refractivity contribution in [3.8, 4) is 0 Å². The van der Waals surface area contributed by atoms with Crippen molar-refractivity contribution in [2.45, 2.75) is 12.2 Å². The van der Waals surface area contributed by atoms with Crippen LogP contribution in [0.5, 0.6) is 0 Å². The van der Waals surface area contributed by atoms with Crippen LogP contribution in [-0.2, 0) is 0 Å². The highest BCUT2D eigenvalue weighted by Gasteiger charge is 1.99. The predicted octanol–water partition coefficient (Wildman–Crippen LogP) is 2.74. The summed E-state index contributed by atoms with van der Waals surface area (Å²) in [4.78, 5) is 2.09. The van der Waals surface area contributed by atoms with E-state index in [2.05, 4.69) is 48.7 Å². The Morgan fingerprint density at radius 2 is 1.67 bits per heavy atom. The molecule has 1 rings (SSSR count). The van der Waals surface area contributed by atoms with Gasteiger partial charge in [-0.2, -0.15) is 12.6 Å². The molecule has 1 aromatic carbocycles. The summed E-state index contributed by atoms with van der Waals surface area (Å²) in [6.45, 7) is 2.08. The summed E-state index contributed by atoms with van der Waals surface area (Å²) in [5.41, 5.74) is 2.50. The summed E-state index contributed by atoms with van der Waals surface area (Å²) in [6, 6.07) is 8.46. The van der Waals surface area contributed by atoms with Crippen LogP contribution in [-0.4, -0.2) is 14.1 Å². The first kappa shape index (κ1) is 9.46. The van der Waals surface area contributed by atoms with Gasteiger partial charge in [0.1, 0.15) is 0 Å². The van der Waals surface area contributed by atoms with Gasteiger partial charge in [-0.25, -0.2) is 0 Å². The highest BCUT2D eigenvalue weighted by Crippen LogP contribution is 2.21. The molecule has 12 heavy (non-hydrogen) atoms. The Bertz CT molecular complexity index is 212. The number of thiol groups is 1. The molecule has 2 heteroatoms. The quantitative estimate of drug-likeness (QED) is 0.687. The van der Waals surface area contributed by atoms with Crippen molar-refractivity contribution in [2.24, 2.45) is 0 Å². The molecule has 0 saturated heterocycles. The lowest BCUT2D eigenvalue weighted by atomic mass is 10.1. The molecule has 0 N–H and O–H groups in total. The van der Waals surface area contributed by atoms with Crippen LogP contribution in [0.2, 0.25) is 0 Å². The molecule has 0 aliphatic carbocycles. The van der Waals surface area contributed by atoms with Gasteiger partial charge in [0.25, 0.3) is 0 Å². The summed E-state index contributed by atoms with van der Waals surface area (Å²) in [5, 5.41) is 0.321. The third kappa shape index (κ3) is 2.18. The van der Waals surface area contributed by atoms with E-state index >= 15 is 0 Å². The van der Waals surface area contributed by atoms with E-state index in [0.29, 0.717) is 5.25 Å². The van der Waals surface area contributed by atoms with Crippen LogP contribution >= 0.6 is 12.6 Å². The highest BCUT2D eigenvalue weighted by molar-refractivity contribution is 7.80. The van der Waals surface area contributed by atoms with Crippen LogP contribution in [0.3, 0.4) is 0 Å². The molecule has 0 heterocycles. The zero-order valence-electron chi connectivity index (χ0n) is 7.78. The number of benzene rings is 1. The van der Waals surface area contributed by atoms with E-state index in [4.69, 9.17) is 0 Å². The summed E-state index contributed by atoms with van der Waals surface area (Å²) < 4.78 is 0. The fourth-order valence-electron chi connectivity index (χ4n) is 1.05. The monoisotopic (exact) mass is 181 g/mol. The first-order chi connectivity index (χ1) is 5.61. The lowest BCUT2D eigenvalue weighted by Gasteiger charge is -2.13. The molecule has 1 unspecified atom stereocenters. The Morgan fingerprint density at radius 1 is 1.17 bits per heavy atom. The summed E-state index contributed by atoms with van der Waals surface area (Å²) >= 11 is 4.36. The van der Waals surface area contributed by atoms with Gasteiger partial charge in [0, 0.05) is 25.0 Å². The largest absolute Gasteiger partial charge is 0.378 e. The molecule has 0 spiro atoms. The maximum absolute atomic E-state index is 4.36. The lowest BCUT2D eigenvalue weighted by molar-refractivity contribution is 1.09. The smallest absolute Gasteiger partial charge is 0.0361 e. The van der Waals surface area contributed by atoms with Crippen molar-refractivity contribution in [1.29, 1.82) is 0 Å². The highest BCUT2D eigenvalue weighted by atomic mass is 32.1. The molecule has 0 radical (unpaired) electrons. The van der Waals surface area contributed by atoms with Crippen molar-refractivity contribution >= 4 is 18.3 Å². The number of anilines is 1. The third-order valence-corrected chi connectivity index (χ3v) is 2.19. The lowest BCUT2D eigenvalue weighted by Crippen LogP contribution is -2.08. The van der Waals surface area contributed by atoms with Crippen LogP contribution in [0.25, 0.3) is 0 Å². The van der Waals surface area contributed by atoms with Gasteiger partial charge in [-0.1, -0.05) is 12.1 Å². The SMILES string of the molecule is CC(S)c1ccc(N(C)C)cc1. The fraction of sp³-hybridized carbons (Fsp3) is 0.400. The van der Waals surface area contributed by atoms with Crippen LogP contribution in [0.4, 0.5) is 5.69 Å². The van der Waals surface area contributed by atoms with Gasteiger partial charge >= 0.3 is 0 Å². The zero-order valence-corrected chi connectivity index (χ0v) is 8.68. The van der Waals surface area contributed by atoms with Gasteiger partial charge < -0.3 is 4.90 Å². The van der Waals surface area contributed by atoms with E-state index in [1.165, 1.54) is 11.3 Å². The number of hydrogen-bond acceptors (Lipinski definition) is 2. The second kappa shape index (κ2) is 3.85. The Morgan fingerprint density at radius 3 is 2.00 bits per heavy atom. The van der Waals surface area contributed by atoms with Gasteiger partial charge in [-0.05, 0) is 24.6 Å². The summed E-state index contributed by atoms with van der Waals surface area (Å²) in [6.07, 6.45) is 0. The molecule has 0 aliphatic heterocycles. The van der Waals surface area contributed by atoms with Crippen molar-refractivity contribution in [3.05, 3.63) is 29.8 Å². The standard InChI is InChI=1S/C10H15NS/c1-8(12)9-4-6-10(7-5-9)11(2)3/h4-8,12H,1-3H3. The number of rotatable bonds is 2. The Hall–Kier alpha value is -0.630. The van der Waals surface area contributed by atoms with Gasteiger partial charge in [0.15, 0.2) is 0 Å². The molecule has 0 fully saturated rings. The average molecular weight is 181 g/mol. The van der Waals surface area contributed by atoms with Crippen molar-refractivity contribution < 1.29 is 0 Å². The molecule has 0 amide bonds. The molecule has 0 aliphatic rings. The Kier molecular flexibility index (Phi) is 3.04. The summed E-state index contributed by atoms with van der Waals surface area (Å²) in [7, 11) is 4.08. The van der Waals surface area contributed by atoms with E-state index in [1.54, 1.807) is 0 Å². The number of nitrogens with zero attached hydrogens (tertiary/aromatic N) is 1. The number of hydrogen-bond donors (Lipinski definition) is 1. The normalized spacial score (nSPS) is 12.7. The van der Waals surface area contributed by atoms with E-state index in [-0.39, 0.29) is 0 Å². The van der Waals surface area contributed by atoms with Crippen LogP contribution < -0.4 is 4.90 Å². The first-order valence-electron chi connectivity index (χ1n) is 4.06. The topological polar surface area (TPSA) is 3.24 Å². The molecule has 1 atom stereocenters. The van der Waals surface area contributed by atoms with Crippen molar-refractivity contribution in [2.75, 3.05) is 19.0 Å². The van der Waals surface area contributed by atoms with Crippen LogP contribution in [0, 0.1) is 0 Å². The maximum atomic E-state index is 4.36. The molecular formula is C10H15NS. The second-order valence-electron chi connectivity index (χ2n) is 3.16. The molecular weight excluding hydrogens is 166 g/mol. The van der Waals surface area contributed by atoms with Crippen molar-refractivity contribution in [1.82, 2.24) is 0 Å². The first-order valence-corrected chi connectivity index (χ1v) is 4.58. The predicted molar refractivity (Wildman–Crippen MR) is 58.2 cm³/mol. The minimum absolute atomic E-state index is 0.321. The zero-order chi connectivity index (χ0) is 9.14. The van der Waals surface area contributed by atoms with Crippen LogP contribution in [0.15, 0.2) is 24.3 Å². The fourth-order valence-corrected chi connectivity index (χ4v) is 1.22. The van der Waals surface area contributed by atoms with Crippen molar-refractivity contribution in [3.63, 3.8) is 0 Å². The van der Waals surface area contributed by atoms with E-state index in [1.807, 2.05) is 14.1 Å². The molecule has 66 valence electrons. The van der Waals surface area contributed by atoms with E-state index < -0.39 is 0 Å². The molecule has 1 nitrogen and oxygen atoms in total. The van der Waals surface area contributed by atoms with Gasteiger partial charge in [-0.3, -0.25) is 0 Å². The van der Waals surface area contributed by atoms with Gasteiger partial charge in [0.2, 0.25) is 0 Å². The Balaban J connectivity index is 2.86. The summed E-state index contributed by atoms with van der Waals surface area (Å²) in [5.74, 6) is 0. The van der Waals surface area contributed by atoms with Gasteiger partial charge in [0.05, 0.1) is 0 Å². The molecule has 0 saturated carbocycles. The minimum Gasteiger partial charge on any atom is -0.378 e. The molecule has 0 bridgehead atoms. The molecule has 1 aromatic rings. The third-order valence-electron chi connectivity index (χ3n) is 1.89. The Labute approximate surface area is 79.8 Å². The average Bonchev–Trinajstić information content (AvgIpc) is 2.04. The minimum atomic E-state index is 0.321. The van der Waals surface area contributed by atoms with E-state index in [0.717, 1.165) is 0 Å². The molecule has 0 aromatic heterocycles. The van der Waals surface area contributed by atoms with Crippen LogP contribution in [0.1, 0.15) is 17.7 Å². The second-order valence-corrected chi connectivity index (χ2v) is 3.94.